The van der Waals surface area contributed by atoms with Crippen molar-refractivity contribution in [3.63, 3.8) is 0 Å². The predicted molar refractivity (Wildman–Crippen MR) is 69.1 cm³/mol. The molecule has 0 aliphatic heterocycles. The molecule has 92 valence electrons. The summed E-state index contributed by atoms with van der Waals surface area (Å²) in [4.78, 5) is 8.50. The highest BCUT2D eigenvalue weighted by Crippen LogP contribution is 2.45. The molecule has 3 atom stereocenters. The van der Waals surface area contributed by atoms with E-state index in [-0.39, 0.29) is 0 Å². The maximum absolute atomic E-state index is 4.31. The molecule has 17 heavy (non-hydrogen) atoms. The van der Waals surface area contributed by atoms with Gasteiger partial charge < -0.3 is 10.6 Å². The van der Waals surface area contributed by atoms with Gasteiger partial charge in [-0.05, 0) is 38.0 Å². The number of nitrogens with one attached hydrogen (secondary N) is 2. The summed E-state index contributed by atoms with van der Waals surface area (Å²) in [7, 11) is 0. The first kappa shape index (κ1) is 10.8. The van der Waals surface area contributed by atoms with E-state index in [1.807, 2.05) is 6.07 Å². The third kappa shape index (κ3) is 2.21. The van der Waals surface area contributed by atoms with Gasteiger partial charge in [-0.15, -0.1) is 0 Å². The molecule has 4 nitrogen and oxygen atoms in total. The van der Waals surface area contributed by atoms with Gasteiger partial charge in [0.2, 0.25) is 0 Å². The zero-order chi connectivity index (χ0) is 11.7. The van der Waals surface area contributed by atoms with Crippen LogP contribution in [0.5, 0.6) is 0 Å². The first-order valence-corrected chi connectivity index (χ1v) is 6.67. The number of hydrogen-bond acceptors (Lipinski definition) is 4. The summed E-state index contributed by atoms with van der Waals surface area (Å²) < 4.78 is 0. The Morgan fingerprint density at radius 1 is 1.24 bits per heavy atom. The first-order chi connectivity index (χ1) is 8.35. The Morgan fingerprint density at radius 3 is 2.82 bits per heavy atom. The Hall–Kier alpha value is -1.32. The SMILES string of the molecule is CCNc1cc(NC2CC3CCC2C3)ncn1. The maximum Gasteiger partial charge on any atom is 0.131 e. The van der Waals surface area contributed by atoms with Crippen molar-refractivity contribution in [1.82, 2.24) is 9.97 Å². The molecule has 2 aliphatic rings. The van der Waals surface area contributed by atoms with Crippen molar-refractivity contribution in [1.29, 1.82) is 0 Å². The van der Waals surface area contributed by atoms with E-state index in [4.69, 9.17) is 0 Å². The normalized spacial score (nSPS) is 30.5. The quantitative estimate of drug-likeness (QED) is 0.837. The van der Waals surface area contributed by atoms with Gasteiger partial charge in [-0.2, -0.15) is 0 Å². The Labute approximate surface area is 102 Å². The predicted octanol–water partition coefficient (Wildman–Crippen LogP) is 2.51. The molecule has 1 heterocycles. The average molecular weight is 232 g/mol. The molecule has 2 fully saturated rings. The van der Waals surface area contributed by atoms with E-state index >= 15 is 0 Å². The van der Waals surface area contributed by atoms with Gasteiger partial charge in [-0.3, -0.25) is 0 Å². The zero-order valence-electron chi connectivity index (χ0n) is 10.3. The van der Waals surface area contributed by atoms with E-state index in [2.05, 4.69) is 27.5 Å². The van der Waals surface area contributed by atoms with Crippen LogP contribution in [0, 0.1) is 11.8 Å². The lowest BCUT2D eigenvalue weighted by atomic mass is 9.95. The van der Waals surface area contributed by atoms with Crippen LogP contribution in [-0.2, 0) is 0 Å². The van der Waals surface area contributed by atoms with Crippen molar-refractivity contribution in [3.8, 4) is 0 Å². The molecule has 0 radical (unpaired) electrons. The van der Waals surface area contributed by atoms with E-state index in [9.17, 15) is 0 Å². The monoisotopic (exact) mass is 232 g/mol. The van der Waals surface area contributed by atoms with Crippen molar-refractivity contribution < 1.29 is 0 Å². The van der Waals surface area contributed by atoms with Crippen molar-refractivity contribution in [2.45, 2.75) is 38.6 Å². The number of nitrogens with zero attached hydrogens (tertiary/aromatic N) is 2. The molecule has 4 heteroatoms. The molecule has 1 aromatic rings. The standard InChI is InChI=1S/C13H20N4/c1-2-14-12-7-13(16-8-15-12)17-11-6-9-3-4-10(11)5-9/h7-11H,2-6H2,1H3,(H2,14,15,16,17). The largest absolute Gasteiger partial charge is 0.370 e. The van der Waals surface area contributed by atoms with Crippen LogP contribution in [0.1, 0.15) is 32.6 Å². The summed E-state index contributed by atoms with van der Waals surface area (Å²) in [6.45, 7) is 2.97. The lowest BCUT2D eigenvalue weighted by Gasteiger charge is -2.23. The van der Waals surface area contributed by atoms with E-state index < -0.39 is 0 Å². The van der Waals surface area contributed by atoms with Crippen LogP contribution in [0.3, 0.4) is 0 Å². The highest BCUT2D eigenvalue weighted by molar-refractivity contribution is 5.47. The maximum atomic E-state index is 4.31. The van der Waals surface area contributed by atoms with E-state index in [1.54, 1.807) is 6.33 Å². The van der Waals surface area contributed by atoms with Crippen LogP contribution in [0.25, 0.3) is 0 Å². The van der Waals surface area contributed by atoms with Gasteiger partial charge in [0.15, 0.2) is 0 Å². The van der Waals surface area contributed by atoms with Gasteiger partial charge in [0.05, 0.1) is 0 Å². The molecular weight excluding hydrogens is 212 g/mol. The van der Waals surface area contributed by atoms with Crippen LogP contribution in [0.2, 0.25) is 0 Å². The molecule has 2 aliphatic carbocycles. The number of hydrogen-bond donors (Lipinski definition) is 2. The Kier molecular flexibility index (Phi) is 2.87. The lowest BCUT2D eigenvalue weighted by Crippen LogP contribution is -2.26. The minimum absolute atomic E-state index is 0.637. The second-order valence-electron chi connectivity index (χ2n) is 5.24. The molecule has 1 aromatic heterocycles. The molecule has 2 saturated carbocycles. The summed E-state index contributed by atoms with van der Waals surface area (Å²) in [5.74, 6) is 3.71. The molecule has 0 spiro atoms. The summed E-state index contributed by atoms with van der Waals surface area (Å²) >= 11 is 0. The van der Waals surface area contributed by atoms with Crippen LogP contribution in [-0.4, -0.2) is 22.6 Å². The summed E-state index contributed by atoms with van der Waals surface area (Å²) in [5.41, 5.74) is 0. The summed E-state index contributed by atoms with van der Waals surface area (Å²) in [6.07, 6.45) is 7.21. The molecule has 2 N–H and O–H groups in total. The fraction of sp³-hybridized carbons (Fsp3) is 0.692. The van der Waals surface area contributed by atoms with E-state index in [0.717, 1.165) is 30.0 Å². The smallest absolute Gasteiger partial charge is 0.131 e. The fourth-order valence-corrected chi connectivity index (χ4v) is 3.33. The third-order valence-electron chi connectivity index (χ3n) is 4.10. The second-order valence-corrected chi connectivity index (χ2v) is 5.24. The topological polar surface area (TPSA) is 49.8 Å². The molecule has 3 rings (SSSR count). The van der Waals surface area contributed by atoms with Gasteiger partial charge in [-0.25, -0.2) is 9.97 Å². The molecule has 3 unspecified atom stereocenters. The van der Waals surface area contributed by atoms with Crippen molar-refractivity contribution in [2.24, 2.45) is 11.8 Å². The third-order valence-corrected chi connectivity index (χ3v) is 4.10. The fourth-order valence-electron chi connectivity index (χ4n) is 3.33. The van der Waals surface area contributed by atoms with Crippen molar-refractivity contribution in [3.05, 3.63) is 12.4 Å². The minimum atomic E-state index is 0.637. The van der Waals surface area contributed by atoms with Gasteiger partial charge in [0.25, 0.3) is 0 Å². The number of anilines is 2. The van der Waals surface area contributed by atoms with Gasteiger partial charge in [-0.1, -0.05) is 6.42 Å². The molecule has 2 bridgehead atoms. The van der Waals surface area contributed by atoms with Crippen LogP contribution < -0.4 is 10.6 Å². The zero-order valence-corrected chi connectivity index (χ0v) is 10.3. The highest BCUT2D eigenvalue weighted by Gasteiger charge is 2.39. The number of rotatable bonds is 4. The lowest BCUT2D eigenvalue weighted by molar-refractivity contribution is 0.439. The van der Waals surface area contributed by atoms with Gasteiger partial charge in [0.1, 0.15) is 18.0 Å². The first-order valence-electron chi connectivity index (χ1n) is 6.67. The minimum Gasteiger partial charge on any atom is -0.370 e. The Balaban J connectivity index is 1.66. The number of aromatic nitrogens is 2. The molecule has 0 saturated heterocycles. The Morgan fingerprint density at radius 2 is 2.12 bits per heavy atom. The molecule has 0 aromatic carbocycles. The molecule has 0 amide bonds. The van der Waals surface area contributed by atoms with Crippen LogP contribution in [0.15, 0.2) is 12.4 Å². The van der Waals surface area contributed by atoms with Gasteiger partial charge in [0, 0.05) is 18.7 Å². The van der Waals surface area contributed by atoms with Crippen LogP contribution in [0.4, 0.5) is 11.6 Å². The summed E-state index contributed by atoms with van der Waals surface area (Å²) in [5, 5.41) is 6.80. The number of fused-ring (bicyclic) bond motifs is 2. The van der Waals surface area contributed by atoms with E-state index in [0.29, 0.717) is 6.04 Å². The van der Waals surface area contributed by atoms with Crippen molar-refractivity contribution in [2.75, 3.05) is 17.2 Å². The van der Waals surface area contributed by atoms with Crippen molar-refractivity contribution >= 4 is 11.6 Å². The summed E-state index contributed by atoms with van der Waals surface area (Å²) in [6, 6.07) is 2.65. The highest BCUT2D eigenvalue weighted by atomic mass is 15.1. The Bertz CT molecular complexity index is 393. The van der Waals surface area contributed by atoms with Gasteiger partial charge >= 0.3 is 0 Å². The van der Waals surface area contributed by atoms with Crippen LogP contribution >= 0.6 is 0 Å². The molecular formula is C13H20N4. The van der Waals surface area contributed by atoms with E-state index in [1.165, 1.54) is 25.7 Å². The second kappa shape index (κ2) is 4.51. The average Bonchev–Trinajstić information content (AvgIpc) is 2.92.